The topological polar surface area (TPSA) is 111 Å². The minimum Gasteiger partial charge on any atom is -0.481 e. The number of aliphatic carboxylic acids is 1. The molecule has 0 unspecified atom stereocenters. The predicted octanol–water partition coefficient (Wildman–Crippen LogP) is 0.0161. The maximum Gasteiger partial charge on any atom is 0.307 e. The molecule has 2 aliphatic rings. The number of carboxylic acids is 1. The van der Waals surface area contributed by atoms with Crippen molar-refractivity contribution in [1.29, 1.82) is 0 Å². The van der Waals surface area contributed by atoms with Gasteiger partial charge in [-0.05, 0) is 11.5 Å². The molecule has 1 aliphatic heterocycles. The summed E-state index contributed by atoms with van der Waals surface area (Å²) in [4.78, 5) is 53.1. The van der Waals surface area contributed by atoms with E-state index in [1.54, 1.807) is 23.6 Å². The molecule has 2 N–H and O–H groups in total. The number of aromatic amines is 1. The van der Waals surface area contributed by atoms with E-state index in [9.17, 15) is 24.3 Å². The Morgan fingerprint density at radius 2 is 1.68 bits per heavy atom. The summed E-state index contributed by atoms with van der Waals surface area (Å²) >= 11 is 0. The first-order valence-electron chi connectivity index (χ1n) is 8.23. The van der Waals surface area contributed by atoms with E-state index in [1.807, 2.05) is 0 Å². The molecule has 1 saturated heterocycles. The Bertz CT molecular complexity index is 756. The Morgan fingerprint density at radius 3 is 2.16 bits per heavy atom. The van der Waals surface area contributed by atoms with Gasteiger partial charge >= 0.3 is 5.97 Å². The summed E-state index contributed by atoms with van der Waals surface area (Å²) < 4.78 is 0. The number of carbonyl (C=O) groups is 3. The van der Waals surface area contributed by atoms with Gasteiger partial charge in [-0.3, -0.25) is 19.2 Å². The summed E-state index contributed by atoms with van der Waals surface area (Å²) in [7, 11) is 0. The van der Waals surface area contributed by atoms with E-state index < -0.39 is 23.2 Å². The number of carbonyl (C=O) groups excluding carboxylic acids is 2. The van der Waals surface area contributed by atoms with Gasteiger partial charge in [0.2, 0.25) is 11.5 Å². The van der Waals surface area contributed by atoms with Crippen LogP contribution in [0.3, 0.4) is 0 Å². The van der Waals surface area contributed by atoms with Crippen LogP contribution in [-0.4, -0.2) is 63.9 Å². The fourth-order valence-electron chi connectivity index (χ4n) is 3.61. The number of amides is 2. The number of piperazine rings is 1. The maximum absolute atomic E-state index is 12.6. The second kappa shape index (κ2) is 6.02. The summed E-state index contributed by atoms with van der Waals surface area (Å²) in [6, 6.07) is 2.77. The standard InChI is InChI=1S/C17H21N3O5/c1-17(2)12(13(17)16(24)25)15(23)20-7-5-19(6-8-20)14(22)10-3-4-11(21)18-9-10/h3-4,9,12-13H,5-8H2,1-2H3,(H,18,21)(H,24,25)/t12-,13+/m1/s1. The van der Waals surface area contributed by atoms with Crippen LogP contribution >= 0.6 is 0 Å². The Balaban J connectivity index is 1.60. The van der Waals surface area contributed by atoms with Crippen LogP contribution in [-0.2, 0) is 9.59 Å². The average Bonchev–Trinajstić information content (AvgIpc) is 3.17. The maximum atomic E-state index is 12.6. The molecule has 2 heterocycles. The van der Waals surface area contributed by atoms with Crippen LogP contribution in [0.25, 0.3) is 0 Å². The van der Waals surface area contributed by atoms with Crippen molar-refractivity contribution in [3.63, 3.8) is 0 Å². The Hall–Kier alpha value is -2.64. The molecule has 1 aliphatic carbocycles. The number of aromatic nitrogens is 1. The van der Waals surface area contributed by atoms with Crippen LogP contribution < -0.4 is 5.56 Å². The number of carboxylic acid groups (broad SMARTS) is 1. The van der Waals surface area contributed by atoms with Crippen molar-refractivity contribution in [2.45, 2.75) is 13.8 Å². The average molecular weight is 347 g/mol. The van der Waals surface area contributed by atoms with E-state index in [1.165, 1.54) is 18.3 Å². The normalized spacial score (nSPS) is 24.7. The van der Waals surface area contributed by atoms with E-state index in [0.717, 1.165) is 0 Å². The quantitative estimate of drug-likeness (QED) is 0.800. The van der Waals surface area contributed by atoms with Crippen molar-refractivity contribution < 1.29 is 19.5 Å². The van der Waals surface area contributed by atoms with Crippen molar-refractivity contribution in [3.05, 3.63) is 34.2 Å². The van der Waals surface area contributed by atoms with Crippen LogP contribution in [0.5, 0.6) is 0 Å². The van der Waals surface area contributed by atoms with Gasteiger partial charge in [-0.2, -0.15) is 0 Å². The van der Waals surface area contributed by atoms with Gasteiger partial charge in [-0.15, -0.1) is 0 Å². The van der Waals surface area contributed by atoms with Gasteiger partial charge in [-0.1, -0.05) is 13.8 Å². The molecule has 2 atom stereocenters. The van der Waals surface area contributed by atoms with Crippen LogP contribution in [0, 0.1) is 17.3 Å². The Labute approximate surface area is 144 Å². The molecule has 0 radical (unpaired) electrons. The highest BCUT2D eigenvalue weighted by molar-refractivity contribution is 5.94. The van der Waals surface area contributed by atoms with Gasteiger partial charge in [0.15, 0.2) is 0 Å². The molecule has 25 heavy (non-hydrogen) atoms. The SMILES string of the molecule is CC1(C)[C@H](C(=O)O)[C@@H]1C(=O)N1CCN(C(=O)c2ccc(=O)[nH]c2)CC1. The van der Waals surface area contributed by atoms with Gasteiger partial charge in [0.1, 0.15) is 0 Å². The summed E-state index contributed by atoms with van der Waals surface area (Å²) in [6.45, 7) is 5.12. The molecule has 0 bridgehead atoms. The van der Waals surface area contributed by atoms with Gasteiger partial charge < -0.3 is 19.9 Å². The van der Waals surface area contributed by atoms with Crippen molar-refractivity contribution >= 4 is 17.8 Å². The number of rotatable bonds is 3. The minimum atomic E-state index is -0.935. The van der Waals surface area contributed by atoms with Gasteiger partial charge in [0.25, 0.3) is 5.91 Å². The molecular formula is C17H21N3O5. The predicted molar refractivity (Wildman–Crippen MR) is 87.9 cm³/mol. The highest BCUT2D eigenvalue weighted by Gasteiger charge is 2.66. The summed E-state index contributed by atoms with van der Waals surface area (Å²) in [5, 5.41) is 9.22. The highest BCUT2D eigenvalue weighted by atomic mass is 16.4. The van der Waals surface area contributed by atoms with Crippen molar-refractivity contribution in [1.82, 2.24) is 14.8 Å². The molecule has 2 fully saturated rings. The first kappa shape index (κ1) is 17.2. The first-order valence-corrected chi connectivity index (χ1v) is 8.23. The summed E-state index contributed by atoms with van der Waals surface area (Å²) in [5.74, 6) is -2.41. The molecule has 0 spiro atoms. The smallest absolute Gasteiger partial charge is 0.307 e. The largest absolute Gasteiger partial charge is 0.481 e. The van der Waals surface area contributed by atoms with E-state index in [4.69, 9.17) is 0 Å². The zero-order valence-electron chi connectivity index (χ0n) is 14.2. The van der Waals surface area contributed by atoms with E-state index >= 15 is 0 Å². The molecule has 1 saturated carbocycles. The molecule has 134 valence electrons. The molecular weight excluding hydrogens is 326 g/mol. The lowest BCUT2D eigenvalue weighted by Gasteiger charge is -2.35. The van der Waals surface area contributed by atoms with Crippen molar-refractivity contribution in [3.8, 4) is 0 Å². The van der Waals surface area contributed by atoms with Crippen LogP contribution in [0.15, 0.2) is 23.1 Å². The molecule has 8 heteroatoms. The molecule has 3 rings (SSSR count). The zero-order valence-corrected chi connectivity index (χ0v) is 14.2. The van der Waals surface area contributed by atoms with Gasteiger partial charge in [0, 0.05) is 38.4 Å². The first-order chi connectivity index (χ1) is 11.7. The fourth-order valence-corrected chi connectivity index (χ4v) is 3.61. The lowest BCUT2D eigenvalue weighted by Crippen LogP contribution is -2.51. The van der Waals surface area contributed by atoms with E-state index in [-0.39, 0.29) is 17.4 Å². The van der Waals surface area contributed by atoms with Crippen LogP contribution in [0.1, 0.15) is 24.2 Å². The molecule has 0 aromatic carbocycles. The number of nitrogens with zero attached hydrogens (tertiary/aromatic N) is 2. The Morgan fingerprint density at radius 1 is 1.08 bits per heavy atom. The molecule has 1 aromatic rings. The third kappa shape index (κ3) is 3.04. The minimum absolute atomic E-state index is 0.145. The second-order valence-corrected chi connectivity index (χ2v) is 7.17. The van der Waals surface area contributed by atoms with E-state index in [0.29, 0.717) is 31.7 Å². The Kier molecular flexibility index (Phi) is 4.14. The molecule has 8 nitrogen and oxygen atoms in total. The molecule has 2 amide bonds. The number of pyridine rings is 1. The number of hydrogen-bond donors (Lipinski definition) is 2. The highest BCUT2D eigenvalue weighted by Crippen LogP contribution is 2.59. The number of H-pyrrole nitrogens is 1. The third-order valence-electron chi connectivity index (χ3n) is 5.27. The van der Waals surface area contributed by atoms with Crippen molar-refractivity contribution in [2.24, 2.45) is 17.3 Å². The summed E-state index contributed by atoms with van der Waals surface area (Å²) in [6.07, 6.45) is 1.38. The zero-order chi connectivity index (χ0) is 18.4. The number of hydrogen-bond acceptors (Lipinski definition) is 4. The molecule has 1 aromatic heterocycles. The van der Waals surface area contributed by atoms with Gasteiger partial charge in [-0.25, -0.2) is 0 Å². The summed E-state index contributed by atoms with van der Waals surface area (Å²) in [5.41, 5.74) is -0.396. The van der Waals surface area contributed by atoms with Crippen LogP contribution in [0.2, 0.25) is 0 Å². The number of nitrogens with one attached hydrogen (secondary N) is 1. The monoisotopic (exact) mass is 347 g/mol. The van der Waals surface area contributed by atoms with Crippen LogP contribution in [0.4, 0.5) is 0 Å². The van der Waals surface area contributed by atoms with E-state index in [2.05, 4.69) is 4.98 Å². The lowest BCUT2D eigenvalue weighted by atomic mass is 10.1. The third-order valence-corrected chi connectivity index (χ3v) is 5.27. The van der Waals surface area contributed by atoms with Gasteiger partial charge in [0.05, 0.1) is 17.4 Å². The lowest BCUT2D eigenvalue weighted by molar-refractivity contribution is -0.142. The second-order valence-electron chi connectivity index (χ2n) is 7.17. The van der Waals surface area contributed by atoms with Crippen molar-refractivity contribution in [2.75, 3.05) is 26.2 Å². The fraction of sp³-hybridized carbons (Fsp3) is 0.529.